The Hall–Kier alpha value is -15.2. The lowest BCUT2D eigenvalue weighted by Gasteiger charge is -2.25. The molecule has 24 aromatic rings. The molecule has 22 aromatic carbocycles. The van der Waals surface area contributed by atoms with Crippen LogP contribution in [-0.2, 0) is 5.41 Å². The van der Waals surface area contributed by atoms with E-state index in [-0.39, 0.29) is 40.7 Å². The topological polar surface area (TPSA) is 26.3 Å². The van der Waals surface area contributed by atoms with Crippen molar-refractivity contribution < 1.29 is 22.5 Å². The van der Waals surface area contributed by atoms with E-state index in [1.807, 2.05) is 66.7 Å². The van der Waals surface area contributed by atoms with E-state index in [0.717, 1.165) is 60.0 Å². The monoisotopic (exact) mass is 1520 g/mol. The minimum Gasteiger partial charge on any atom is -0.456 e. The van der Waals surface area contributed by atoms with Crippen LogP contribution >= 0.6 is 0 Å². The van der Waals surface area contributed by atoms with Gasteiger partial charge < -0.3 is 8.83 Å². The molecule has 0 radical (unpaired) electrons. The molecular formula is C117H76O2. The summed E-state index contributed by atoms with van der Waals surface area (Å²) in [6.45, 7) is 4.83. The lowest BCUT2D eigenvalue weighted by molar-refractivity contribution is 0.667. The second-order valence-corrected chi connectivity index (χ2v) is 31.5. The van der Waals surface area contributed by atoms with Gasteiger partial charge in [0.25, 0.3) is 0 Å². The van der Waals surface area contributed by atoms with E-state index < -0.39 is 36.3 Å². The van der Waals surface area contributed by atoms with Crippen molar-refractivity contribution in [3.8, 4) is 89.0 Å². The SMILES string of the molecule is CC1(C)c2cc(-c3c4ccccc4c(-c4ccccc4)c4ccccc34)c3ccccc3c2-c2ccc3ccccc3c21.[2H]c1c([2H])c([2H])c(-c2ccc3oc4ccc(-c5c6ccccc6c(-c6c([2H])c([2H])c([2H])c([2H])c6[2H])c6ccccc56)cc4c3c2)c([2H])c1[2H].c1ccc(-c2c3ccccc3c(-c3ccc4oc5cc6ccccc6cc5c4c3)c3ccccc23)cc1. The first-order valence-corrected chi connectivity index (χ1v) is 40.4. The molecule has 119 heavy (non-hydrogen) atoms. The summed E-state index contributed by atoms with van der Waals surface area (Å²) in [7, 11) is 0. The van der Waals surface area contributed by atoms with E-state index in [0.29, 0.717) is 27.7 Å². The van der Waals surface area contributed by atoms with Crippen LogP contribution in [0.5, 0.6) is 0 Å². The average Bonchev–Trinajstić information content (AvgIpc) is 1.55. The van der Waals surface area contributed by atoms with Gasteiger partial charge in [-0.2, -0.15) is 0 Å². The lowest BCUT2D eigenvalue weighted by atomic mass is 9.78. The van der Waals surface area contributed by atoms with Crippen molar-refractivity contribution in [2.75, 3.05) is 0 Å². The molecule has 2 nitrogen and oxygen atoms in total. The molecule has 0 N–H and O–H groups in total. The first-order valence-electron chi connectivity index (χ1n) is 45.4. The standard InChI is InChI=1S/C43H30.C38H24O.C36H22O/c1-43(2)38-26-37(30-18-8-9-19-31(30)41(38)36-25-24-27-14-6-7-17-29(27)42(36)43)40-34-22-12-10-20-32(34)39(28-15-4-3-5-16-28)33-21-11-13-23-35(33)40;1-3-11-25(12-4-1)27-19-21-35-33(23-27)34-24-28(20-22-36(34)39-35)38-31-17-9-7-15-29(31)37(26-13-5-2-6-14-26)30-16-8-10-18-32(30)38;1-2-10-23(11-3-1)35-27-14-6-8-16-29(27)36(30-17-9-7-15-28(30)35)26-18-19-33-31(21-26)32-20-24-12-4-5-13-25(24)22-34(32)37-33/h3-26H,1-2H3;1-24H;1-22H/i;1D,2D,3D,4D,5D,6D,11D,12D,13D,14D;. The van der Waals surface area contributed by atoms with Crippen molar-refractivity contribution in [1.29, 1.82) is 0 Å². The zero-order valence-corrected chi connectivity index (χ0v) is 65.0. The highest BCUT2D eigenvalue weighted by Gasteiger charge is 2.39. The van der Waals surface area contributed by atoms with Gasteiger partial charge in [-0.3, -0.25) is 0 Å². The van der Waals surface area contributed by atoms with Crippen molar-refractivity contribution in [1.82, 2.24) is 0 Å². The quantitative estimate of drug-likeness (QED) is 0.149. The number of fused-ring (bicyclic) bond motifs is 20. The normalized spacial score (nSPS) is 13.5. The van der Waals surface area contributed by atoms with Crippen LogP contribution in [0.3, 0.4) is 0 Å². The Labute approximate surface area is 703 Å². The predicted molar refractivity (Wildman–Crippen MR) is 507 cm³/mol. The molecule has 0 aliphatic heterocycles. The van der Waals surface area contributed by atoms with Crippen molar-refractivity contribution in [3.05, 3.63) is 436 Å². The molecule has 2 aromatic heterocycles. The molecule has 0 fully saturated rings. The summed E-state index contributed by atoms with van der Waals surface area (Å²) in [6.07, 6.45) is 0. The molecule has 1 aliphatic rings. The van der Waals surface area contributed by atoms with Crippen molar-refractivity contribution in [3.63, 3.8) is 0 Å². The summed E-state index contributed by atoms with van der Waals surface area (Å²) in [5.41, 5.74) is 21.7. The van der Waals surface area contributed by atoms with Gasteiger partial charge >= 0.3 is 0 Å². The Bertz CT molecular complexity index is 8690. The number of benzene rings is 22. The fourth-order valence-corrected chi connectivity index (χ4v) is 19.5. The zero-order chi connectivity index (χ0) is 87.5. The largest absolute Gasteiger partial charge is 0.456 e. The van der Waals surface area contributed by atoms with Gasteiger partial charge in [0.2, 0.25) is 0 Å². The van der Waals surface area contributed by atoms with Gasteiger partial charge in [-0.15, -0.1) is 0 Å². The third-order valence-electron chi connectivity index (χ3n) is 24.7. The number of hydrogen-bond donors (Lipinski definition) is 0. The molecule has 0 saturated carbocycles. The maximum absolute atomic E-state index is 8.79. The fourth-order valence-electron chi connectivity index (χ4n) is 19.5. The van der Waals surface area contributed by atoms with Crippen molar-refractivity contribution in [2.24, 2.45) is 0 Å². The number of furan rings is 2. The molecule has 0 spiro atoms. The van der Waals surface area contributed by atoms with Crippen molar-refractivity contribution in [2.45, 2.75) is 19.3 Å². The van der Waals surface area contributed by atoms with E-state index in [9.17, 15) is 0 Å². The average molecular weight is 1520 g/mol. The van der Waals surface area contributed by atoms with Crippen LogP contribution < -0.4 is 0 Å². The molecule has 0 amide bonds. The summed E-state index contributed by atoms with van der Waals surface area (Å²) in [5, 5.41) is 24.9. The lowest BCUT2D eigenvalue weighted by Crippen LogP contribution is -2.15. The molecule has 2 heterocycles. The highest BCUT2D eigenvalue weighted by Crippen LogP contribution is 2.57. The molecule has 0 bridgehead atoms. The van der Waals surface area contributed by atoms with Crippen molar-refractivity contribution >= 4 is 141 Å². The summed E-state index contributed by atoms with van der Waals surface area (Å²) in [4.78, 5) is 0. The van der Waals surface area contributed by atoms with E-state index in [2.05, 4.69) is 293 Å². The molecule has 0 atom stereocenters. The minimum absolute atomic E-state index is 0.110. The summed E-state index contributed by atoms with van der Waals surface area (Å²) in [6, 6.07) is 125. The fraction of sp³-hybridized carbons (Fsp3) is 0.0256. The second-order valence-electron chi connectivity index (χ2n) is 31.5. The Morgan fingerprint density at radius 2 is 0.513 bits per heavy atom. The maximum atomic E-state index is 8.79. The number of rotatable bonds is 7. The van der Waals surface area contributed by atoms with E-state index in [1.54, 1.807) is 18.2 Å². The smallest absolute Gasteiger partial charge is 0.136 e. The highest BCUT2D eigenvalue weighted by atomic mass is 16.3. The molecule has 0 saturated heterocycles. The molecule has 2 heteroatoms. The number of hydrogen-bond acceptors (Lipinski definition) is 2. The first kappa shape index (κ1) is 59.5. The molecule has 25 rings (SSSR count). The predicted octanol–water partition coefficient (Wildman–Crippen LogP) is 33.2. The third-order valence-corrected chi connectivity index (χ3v) is 24.7. The molecular weight excluding hydrogens is 1440 g/mol. The van der Waals surface area contributed by atoms with Crippen LogP contribution in [0.2, 0.25) is 0 Å². The Morgan fingerprint density at radius 3 is 0.958 bits per heavy atom. The van der Waals surface area contributed by atoms with Crippen LogP contribution in [0.1, 0.15) is 38.7 Å². The highest BCUT2D eigenvalue weighted by molar-refractivity contribution is 6.27. The van der Waals surface area contributed by atoms with Gasteiger partial charge in [-0.25, -0.2) is 0 Å². The van der Waals surface area contributed by atoms with Crippen LogP contribution in [0, 0.1) is 0 Å². The Balaban J connectivity index is 0.000000111. The van der Waals surface area contributed by atoms with Crippen LogP contribution in [0.15, 0.2) is 433 Å². The minimum atomic E-state index is -0.449. The third kappa shape index (κ3) is 11.3. The Kier molecular flexibility index (Phi) is 14.0. The molecule has 1 aliphatic carbocycles. The first-order chi connectivity index (χ1) is 63.0. The van der Waals surface area contributed by atoms with Gasteiger partial charge in [0.1, 0.15) is 22.3 Å². The van der Waals surface area contributed by atoms with E-state index in [1.165, 1.54) is 142 Å². The van der Waals surface area contributed by atoms with Gasteiger partial charge in [-0.1, -0.05) is 384 Å². The van der Waals surface area contributed by atoms with E-state index in [4.69, 9.17) is 22.5 Å². The van der Waals surface area contributed by atoms with Crippen LogP contribution in [0.25, 0.3) is 230 Å². The molecule has 556 valence electrons. The summed E-state index contributed by atoms with van der Waals surface area (Å²) in [5.74, 6) is 0. The summed E-state index contributed by atoms with van der Waals surface area (Å²) >= 11 is 0. The van der Waals surface area contributed by atoms with Gasteiger partial charge in [0, 0.05) is 27.0 Å². The second kappa shape index (κ2) is 28.1. The van der Waals surface area contributed by atoms with Gasteiger partial charge in [0.05, 0.1) is 13.7 Å². The van der Waals surface area contributed by atoms with Crippen LogP contribution in [0.4, 0.5) is 0 Å². The Morgan fingerprint density at radius 1 is 0.193 bits per heavy atom. The van der Waals surface area contributed by atoms with E-state index >= 15 is 0 Å². The summed E-state index contributed by atoms with van der Waals surface area (Å²) < 4.78 is 96.2. The van der Waals surface area contributed by atoms with Gasteiger partial charge in [0.15, 0.2) is 0 Å². The van der Waals surface area contributed by atoms with Crippen LogP contribution in [-0.4, -0.2) is 0 Å². The zero-order valence-electron chi connectivity index (χ0n) is 75.0. The maximum Gasteiger partial charge on any atom is 0.136 e. The molecule has 0 unspecified atom stereocenters. The van der Waals surface area contributed by atoms with Gasteiger partial charge in [-0.05, 0) is 252 Å².